The van der Waals surface area contributed by atoms with Gasteiger partial charge in [-0.15, -0.1) is 0 Å². The lowest BCUT2D eigenvalue weighted by Crippen LogP contribution is -2.50. The standard InChI is InChI=1S/C29H39N3O4/c1-2-36-25-18-22(17-24(19-25)32-15-9-14-28(32)34)29(35)31-26(16-21-10-5-3-6-11-21)27(33)20-30-23-12-7-4-8-13-23/h3,5-6,10-11,17-19,23,26-27,30,33H,2,4,7-9,12-16,20H2,1H3,(H,31,35). The molecule has 7 heteroatoms. The molecule has 0 spiro atoms. The highest BCUT2D eigenvalue weighted by molar-refractivity contribution is 5.99. The Kier molecular flexibility index (Phi) is 9.36. The molecule has 2 aromatic rings. The molecule has 2 unspecified atom stereocenters. The van der Waals surface area contributed by atoms with Crippen molar-refractivity contribution in [2.24, 2.45) is 0 Å². The van der Waals surface area contributed by atoms with Gasteiger partial charge in [0.25, 0.3) is 5.91 Å². The molecule has 36 heavy (non-hydrogen) atoms. The molecule has 1 aliphatic carbocycles. The van der Waals surface area contributed by atoms with Crippen molar-refractivity contribution in [2.45, 2.75) is 76.5 Å². The number of nitrogens with one attached hydrogen (secondary N) is 2. The third-order valence-electron chi connectivity index (χ3n) is 7.15. The summed E-state index contributed by atoms with van der Waals surface area (Å²) in [5, 5.41) is 17.7. The van der Waals surface area contributed by atoms with E-state index in [1.165, 1.54) is 19.3 Å². The number of ether oxygens (including phenoxy) is 1. The van der Waals surface area contributed by atoms with Gasteiger partial charge < -0.3 is 25.4 Å². The summed E-state index contributed by atoms with van der Waals surface area (Å²) >= 11 is 0. The van der Waals surface area contributed by atoms with Crippen LogP contribution in [0.4, 0.5) is 5.69 Å². The first-order chi connectivity index (χ1) is 17.5. The molecule has 1 heterocycles. The summed E-state index contributed by atoms with van der Waals surface area (Å²) in [6.07, 6.45) is 7.06. The number of hydrogen-bond acceptors (Lipinski definition) is 5. The van der Waals surface area contributed by atoms with E-state index < -0.39 is 12.1 Å². The number of hydrogen-bond donors (Lipinski definition) is 3. The molecular weight excluding hydrogens is 454 g/mol. The molecule has 2 amide bonds. The molecule has 2 aromatic carbocycles. The van der Waals surface area contributed by atoms with E-state index in [2.05, 4.69) is 10.6 Å². The average Bonchev–Trinajstić information content (AvgIpc) is 3.34. The van der Waals surface area contributed by atoms with Crippen LogP contribution in [0.25, 0.3) is 0 Å². The second kappa shape index (κ2) is 12.9. The van der Waals surface area contributed by atoms with Crippen LogP contribution in [0.5, 0.6) is 5.75 Å². The summed E-state index contributed by atoms with van der Waals surface area (Å²) in [5.41, 5.74) is 2.14. The van der Waals surface area contributed by atoms with Gasteiger partial charge in [0.1, 0.15) is 5.75 Å². The first-order valence-corrected chi connectivity index (χ1v) is 13.4. The molecule has 1 aliphatic heterocycles. The third kappa shape index (κ3) is 7.08. The third-order valence-corrected chi connectivity index (χ3v) is 7.15. The minimum absolute atomic E-state index is 0.0566. The first-order valence-electron chi connectivity index (χ1n) is 13.4. The highest BCUT2D eigenvalue weighted by Crippen LogP contribution is 2.28. The number of aliphatic hydroxyl groups excluding tert-OH is 1. The molecule has 0 radical (unpaired) electrons. The number of anilines is 1. The Bertz CT molecular complexity index is 1010. The summed E-state index contributed by atoms with van der Waals surface area (Å²) in [6, 6.07) is 15.1. The molecule has 1 saturated carbocycles. The number of nitrogens with zero attached hydrogens (tertiary/aromatic N) is 1. The van der Waals surface area contributed by atoms with Gasteiger partial charge in [-0.05, 0) is 50.3 Å². The number of rotatable bonds is 11. The van der Waals surface area contributed by atoms with E-state index >= 15 is 0 Å². The number of carbonyl (C=O) groups is 2. The molecule has 2 atom stereocenters. The van der Waals surface area contributed by atoms with Gasteiger partial charge in [0, 0.05) is 42.9 Å². The van der Waals surface area contributed by atoms with Crippen molar-refractivity contribution in [3.8, 4) is 5.75 Å². The zero-order valence-corrected chi connectivity index (χ0v) is 21.2. The van der Waals surface area contributed by atoms with Crippen LogP contribution in [-0.4, -0.2) is 54.8 Å². The van der Waals surface area contributed by atoms with E-state index in [0.717, 1.165) is 24.8 Å². The van der Waals surface area contributed by atoms with Crippen LogP contribution in [-0.2, 0) is 11.2 Å². The SMILES string of the molecule is CCOc1cc(C(=O)NC(Cc2ccccc2)C(O)CNC2CCCCC2)cc(N2CCCC2=O)c1. The Hall–Kier alpha value is -2.90. The summed E-state index contributed by atoms with van der Waals surface area (Å²) in [5.74, 6) is 0.322. The fourth-order valence-electron chi connectivity index (χ4n) is 5.18. The lowest BCUT2D eigenvalue weighted by molar-refractivity contribution is -0.117. The van der Waals surface area contributed by atoms with Gasteiger partial charge in [-0.3, -0.25) is 9.59 Å². The van der Waals surface area contributed by atoms with Crippen LogP contribution >= 0.6 is 0 Å². The second-order valence-corrected chi connectivity index (χ2v) is 9.88. The van der Waals surface area contributed by atoms with Crippen molar-refractivity contribution >= 4 is 17.5 Å². The van der Waals surface area contributed by atoms with Gasteiger partial charge in [-0.25, -0.2) is 0 Å². The van der Waals surface area contributed by atoms with E-state index in [0.29, 0.717) is 55.6 Å². The van der Waals surface area contributed by atoms with Crippen LogP contribution in [0.1, 0.15) is 67.8 Å². The van der Waals surface area contributed by atoms with Crippen molar-refractivity contribution in [2.75, 3.05) is 24.6 Å². The first kappa shape index (κ1) is 26.2. The highest BCUT2D eigenvalue weighted by atomic mass is 16.5. The van der Waals surface area contributed by atoms with Crippen molar-refractivity contribution in [1.82, 2.24) is 10.6 Å². The van der Waals surface area contributed by atoms with Crippen LogP contribution < -0.4 is 20.3 Å². The molecular formula is C29H39N3O4. The van der Waals surface area contributed by atoms with Gasteiger partial charge in [0.2, 0.25) is 5.91 Å². The Labute approximate surface area is 214 Å². The van der Waals surface area contributed by atoms with Gasteiger partial charge in [0.05, 0.1) is 18.8 Å². The van der Waals surface area contributed by atoms with E-state index in [4.69, 9.17) is 4.74 Å². The Morgan fingerprint density at radius 2 is 1.89 bits per heavy atom. The molecule has 194 valence electrons. The monoisotopic (exact) mass is 493 g/mol. The summed E-state index contributed by atoms with van der Waals surface area (Å²) in [4.78, 5) is 27.5. The molecule has 4 rings (SSSR count). The largest absolute Gasteiger partial charge is 0.494 e. The number of aliphatic hydroxyl groups is 1. The topological polar surface area (TPSA) is 90.9 Å². The predicted molar refractivity (Wildman–Crippen MR) is 141 cm³/mol. The summed E-state index contributed by atoms with van der Waals surface area (Å²) < 4.78 is 5.71. The van der Waals surface area contributed by atoms with Crippen molar-refractivity contribution in [3.63, 3.8) is 0 Å². The predicted octanol–water partition coefficient (Wildman–Crippen LogP) is 3.84. The number of carbonyl (C=O) groups excluding carboxylic acids is 2. The van der Waals surface area contributed by atoms with Crippen LogP contribution in [0.2, 0.25) is 0 Å². The number of amides is 2. The summed E-state index contributed by atoms with van der Waals surface area (Å²) in [6.45, 7) is 3.41. The molecule has 2 aliphatic rings. The maximum absolute atomic E-state index is 13.5. The molecule has 3 N–H and O–H groups in total. The number of benzene rings is 2. The van der Waals surface area contributed by atoms with Gasteiger partial charge in [-0.2, -0.15) is 0 Å². The van der Waals surface area contributed by atoms with E-state index in [1.807, 2.05) is 43.3 Å². The Morgan fingerprint density at radius 3 is 2.58 bits per heavy atom. The van der Waals surface area contributed by atoms with Gasteiger partial charge in [0.15, 0.2) is 0 Å². The molecule has 1 saturated heterocycles. The minimum Gasteiger partial charge on any atom is -0.494 e. The van der Waals surface area contributed by atoms with Gasteiger partial charge >= 0.3 is 0 Å². The van der Waals surface area contributed by atoms with Crippen LogP contribution in [0.3, 0.4) is 0 Å². The smallest absolute Gasteiger partial charge is 0.251 e. The van der Waals surface area contributed by atoms with Crippen molar-refractivity contribution < 1.29 is 19.4 Å². The van der Waals surface area contributed by atoms with E-state index in [-0.39, 0.29) is 11.8 Å². The maximum Gasteiger partial charge on any atom is 0.251 e. The Morgan fingerprint density at radius 1 is 1.11 bits per heavy atom. The molecule has 2 fully saturated rings. The summed E-state index contributed by atoms with van der Waals surface area (Å²) in [7, 11) is 0. The Balaban J connectivity index is 1.51. The highest BCUT2D eigenvalue weighted by Gasteiger charge is 2.26. The molecule has 7 nitrogen and oxygen atoms in total. The van der Waals surface area contributed by atoms with Crippen molar-refractivity contribution in [1.29, 1.82) is 0 Å². The normalized spacial score (nSPS) is 18.2. The second-order valence-electron chi connectivity index (χ2n) is 9.88. The van der Waals surface area contributed by atoms with Crippen LogP contribution in [0.15, 0.2) is 48.5 Å². The quantitative estimate of drug-likeness (QED) is 0.443. The van der Waals surface area contributed by atoms with E-state index in [9.17, 15) is 14.7 Å². The zero-order valence-electron chi connectivity index (χ0n) is 21.2. The van der Waals surface area contributed by atoms with Gasteiger partial charge in [-0.1, -0.05) is 49.6 Å². The van der Waals surface area contributed by atoms with E-state index in [1.54, 1.807) is 17.0 Å². The average molecular weight is 494 g/mol. The lowest BCUT2D eigenvalue weighted by atomic mass is 9.95. The fourth-order valence-corrected chi connectivity index (χ4v) is 5.18. The minimum atomic E-state index is -0.745. The lowest BCUT2D eigenvalue weighted by Gasteiger charge is -2.28. The molecule has 0 aromatic heterocycles. The zero-order chi connectivity index (χ0) is 25.3. The van der Waals surface area contributed by atoms with Crippen molar-refractivity contribution in [3.05, 3.63) is 59.7 Å². The maximum atomic E-state index is 13.5. The molecule has 0 bridgehead atoms. The van der Waals surface area contributed by atoms with Crippen LogP contribution in [0, 0.1) is 0 Å². The fraction of sp³-hybridized carbons (Fsp3) is 0.517.